The molecule has 7 nitrogen and oxygen atoms in total. The van der Waals surface area contributed by atoms with Crippen molar-refractivity contribution in [2.24, 2.45) is 0 Å². The van der Waals surface area contributed by atoms with E-state index in [1.807, 2.05) is 30.3 Å². The van der Waals surface area contributed by atoms with Gasteiger partial charge in [-0.3, -0.25) is 4.79 Å². The van der Waals surface area contributed by atoms with Crippen LogP contribution < -0.4 is 10.6 Å². The number of fused-ring (bicyclic) bond motifs is 1. The highest BCUT2D eigenvalue weighted by Crippen LogP contribution is 2.16. The molecule has 2 aromatic heterocycles. The molecule has 152 valence electrons. The summed E-state index contributed by atoms with van der Waals surface area (Å²) in [5.74, 6) is -0.667. The standard InChI is InChI=1S/C21H18F2N6O/c22-15-6-7-16(23)17(12-15)25-21(30)11-10-20-27-26-19-9-8-18(28-29(19)20)24-13-14-4-2-1-3-5-14/h1-9,12H,10-11,13H2,(H,24,28)(H,25,30). The minimum absolute atomic E-state index is 0.0140. The van der Waals surface area contributed by atoms with Crippen LogP contribution in [-0.2, 0) is 17.8 Å². The second kappa shape index (κ2) is 8.64. The lowest BCUT2D eigenvalue weighted by Gasteiger charge is -2.07. The van der Waals surface area contributed by atoms with Crippen LogP contribution in [0.3, 0.4) is 0 Å². The maximum absolute atomic E-state index is 13.7. The van der Waals surface area contributed by atoms with Crippen molar-refractivity contribution in [2.75, 3.05) is 10.6 Å². The first kappa shape index (κ1) is 19.4. The van der Waals surface area contributed by atoms with Gasteiger partial charge in [-0.1, -0.05) is 30.3 Å². The number of benzene rings is 2. The normalized spacial score (nSPS) is 10.9. The Morgan fingerprint density at radius 2 is 1.83 bits per heavy atom. The Morgan fingerprint density at radius 1 is 1.00 bits per heavy atom. The fraction of sp³-hybridized carbons (Fsp3) is 0.143. The summed E-state index contributed by atoms with van der Waals surface area (Å²) in [5.41, 5.74) is 1.47. The molecule has 9 heteroatoms. The first-order valence-corrected chi connectivity index (χ1v) is 9.32. The second-order valence-electron chi connectivity index (χ2n) is 6.62. The first-order valence-electron chi connectivity index (χ1n) is 9.32. The van der Waals surface area contributed by atoms with E-state index in [1.54, 1.807) is 16.6 Å². The Labute approximate surface area is 170 Å². The van der Waals surface area contributed by atoms with E-state index in [0.717, 1.165) is 23.8 Å². The summed E-state index contributed by atoms with van der Waals surface area (Å²) >= 11 is 0. The van der Waals surface area contributed by atoms with Crippen LogP contribution in [0, 0.1) is 11.6 Å². The first-order chi connectivity index (χ1) is 14.6. The number of amides is 1. The molecule has 0 radical (unpaired) electrons. The maximum Gasteiger partial charge on any atom is 0.224 e. The molecule has 0 atom stereocenters. The molecule has 2 N–H and O–H groups in total. The highest BCUT2D eigenvalue weighted by molar-refractivity contribution is 5.90. The summed E-state index contributed by atoms with van der Waals surface area (Å²) in [4.78, 5) is 12.1. The maximum atomic E-state index is 13.7. The Balaban J connectivity index is 1.41. The van der Waals surface area contributed by atoms with Gasteiger partial charge in [0.25, 0.3) is 0 Å². The van der Waals surface area contributed by atoms with Crippen molar-refractivity contribution in [1.29, 1.82) is 0 Å². The SMILES string of the molecule is O=C(CCc1nnc2ccc(NCc3ccccc3)nn12)Nc1cc(F)ccc1F. The van der Waals surface area contributed by atoms with E-state index in [-0.39, 0.29) is 18.5 Å². The summed E-state index contributed by atoms with van der Waals surface area (Å²) in [6.07, 6.45) is 0.249. The lowest BCUT2D eigenvalue weighted by Crippen LogP contribution is -2.15. The molecule has 0 unspecified atom stereocenters. The zero-order valence-corrected chi connectivity index (χ0v) is 15.8. The third-order valence-electron chi connectivity index (χ3n) is 4.42. The van der Waals surface area contributed by atoms with Crippen molar-refractivity contribution in [1.82, 2.24) is 19.8 Å². The van der Waals surface area contributed by atoms with Gasteiger partial charge in [-0.2, -0.15) is 4.52 Å². The number of aryl methyl sites for hydroxylation is 1. The fourth-order valence-electron chi connectivity index (χ4n) is 2.90. The molecule has 0 spiro atoms. The van der Waals surface area contributed by atoms with E-state index >= 15 is 0 Å². The minimum Gasteiger partial charge on any atom is -0.365 e. The van der Waals surface area contributed by atoms with Gasteiger partial charge in [-0.25, -0.2) is 8.78 Å². The number of halogens is 2. The van der Waals surface area contributed by atoms with E-state index < -0.39 is 17.5 Å². The predicted octanol–water partition coefficient (Wildman–Crippen LogP) is 3.59. The van der Waals surface area contributed by atoms with Gasteiger partial charge in [0.2, 0.25) is 5.91 Å². The largest absolute Gasteiger partial charge is 0.365 e. The lowest BCUT2D eigenvalue weighted by atomic mass is 10.2. The average molecular weight is 408 g/mol. The predicted molar refractivity (Wildman–Crippen MR) is 108 cm³/mol. The average Bonchev–Trinajstić information content (AvgIpc) is 3.16. The third-order valence-corrected chi connectivity index (χ3v) is 4.42. The number of rotatable bonds is 7. The Morgan fingerprint density at radius 3 is 2.67 bits per heavy atom. The highest BCUT2D eigenvalue weighted by Gasteiger charge is 2.12. The molecule has 0 bridgehead atoms. The number of hydrogen-bond acceptors (Lipinski definition) is 5. The molecule has 4 rings (SSSR count). The lowest BCUT2D eigenvalue weighted by molar-refractivity contribution is -0.116. The quantitative estimate of drug-likeness (QED) is 0.488. The molecule has 0 aliphatic rings. The van der Waals surface area contributed by atoms with Crippen molar-refractivity contribution >= 4 is 23.1 Å². The molecule has 2 heterocycles. The number of aromatic nitrogens is 4. The zero-order chi connectivity index (χ0) is 20.9. The van der Waals surface area contributed by atoms with Crippen LogP contribution in [0.5, 0.6) is 0 Å². The Hall–Kier alpha value is -3.88. The van der Waals surface area contributed by atoms with Gasteiger partial charge in [0.05, 0.1) is 5.69 Å². The van der Waals surface area contributed by atoms with Gasteiger partial charge in [0.1, 0.15) is 17.5 Å². The van der Waals surface area contributed by atoms with Crippen molar-refractivity contribution in [3.8, 4) is 0 Å². The van der Waals surface area contributed by atoms with Gasteiger partial charge in [0.15, 0.2) is 11.5 Å². The monoisotopic (exact) mass is 408 g/mol. The van der Waals surface area contributed by atoms with Gasteiger partial charge < -0.3 is 10.6 Å². The molecule has 4 aromatic rings. The number of nitrogens with one attached hydrogen (secondary N) is 2. The van der Waals surface area contributed by atoms with Crippen LogP contribution in [0.4, 0.5) is 20.3 Å². The van der Waals surface area contributed by atoms with Crippen LogP contribution >= 0.6 is 0 Å². The summed E-state index contributed by atoms with van der Waals surface area (Å²) in [7, 11) is 0. The van der Waals surface area contributed by atoms with Crippen LogP contribution in [0.15, 0.2) is 60.7 Å². The van der Waals surface area contributed by atoms with E-state index in [0.29, 0.717) is 23.8 Å². The summed E-state index contributed by atoms with van der Waals surface area (Å²) in [5, 5.41) is 18.2. The van der Waals surface area contributed by atoms with E-state index in [4.69, 9.17) is 0 Å². The van der Waals surface area contributed by atoms with E-state index in [9.17, 15) is 13.6 Å². The summed E-state index contributed by atoms with van der Waals surface area (Å²) in [6, 6.07) is 16.4. The number of hydrogen-bond donors (Lipinski definition) is 2. The molecule has 1 amide bonds. The number of carbonyl (C=O) groups excluding carboxylic acids is 1. The van der Waals surface area contributed by atoms with Crippen LogP contribution in [0.2, 0.25) is 0 Å². The second-order valence-corrected chi connectivity index (χ2v) is 6.62. The van der Waals surface area contributed by atoms with Crippen LogP contribution in [0.1, 0.15) is 17.8 Å². The van der Waals surface area contributed by atoms with Crippen molar-refractivity contribution in [3.63, 3.8) is 0 Å². The molecular formula is C21H18F2N6O. The van der Waals surface area contributed by atoms with Gasteiger partial charge >= 0.3 is 0 Å². The highest BCUT2D eigenvalue weighted by atomic mass is 19.1. The van der Waals surface area contributed by atoms with Crippen molar-refractivity contribution in [3.05, 3.63) is 83.7 Å². The van der Waals surface area contributed by atoms with Gasteiger partial charge in [0, 0.05) is 25.5 Å². The Bertz CT molecular complexity index is 1180. The Kier molecular flexibility index (Phi) is 5.60. The molecule has 30 heavy (non-hydrogen) atoms. The van der Waals surface area contributed by atoms with E-state index in [1.165, 1.54) is 0 Å². The number of anilines is 2. The van der Waals surface area contributed by atoms with E-state index in [2.05, 4.69) is 25.9 Å². The van der Waals surface area contributed by atoms with Crippen LogP contribution in [0.25, 0.3) is 5.65 Å². The molecule has 0 saturated heterocycles. The fourth-order valence-corrected chi connectivity index (χ4v) is 2.90. The van der Waals surface area contributed by atoms with Crippen molar-refractivity contribution in [2.45, 2.75) is 19.4 Å². The number of nitrogens with zero attached hydrogens (tertiary/aromatic N) is 4. The molecule has 0 fully saturated rings. The zero-order valence-electron chi connectivity index (χ0n) is 15.8. The summed E-state index contributed by atoms with van der Waals surface area (Å²) in [6.45, 7) is 0.610. The van der Waals surface area contributed by atoms with Gasteiger partial charge in [-0.05, 0) is 29.8 Å². The van der Waals surface area contributed by atoms with Crippen molar-refractivity contribution < 1.29 is 13.6 Å². The number of carbonyl (C=O) groups is 1. The molecule has 0 aliphatic heterocycles. The molecule has 2 aromatic carbocycles. The molecule has 0 aliphatic carbocycles. The van der Waals surface area contributed by atoms with Crippen LogP contribution in [-0.4, -0.2) is 25.7 Å². The topological polar surface area (TPSA) is 84.2 Å². The smallest absolute Gasteiger partial charge is 0.224 e. The summed E-state index contributed by atoms with van der Waals surface area (Å²) < 4.78 is 28.5. The van der Waals surface area contributed by atoms with Gasteiger partial charge in [-0.15, -0.1) is 15.3 Å². The third kappa shape index (κ3) is 4.57. The minimum atomic E-state index is -0.700. The molecule has 0 saturated carbocycles. The molecular weight excluding hydrogens is 390 g/mol.